The number of amides is 1. The molecule has 0 aliphatic heterocycles. The van der Waals surface area contributed by atoms with Crippen LogP contribution in [0.15, 0.2) is 24.3 Å². The van der Waals surface area contributed by atoms with Gasteiger partial charge in [-0.2, -0.15) is 13.2 Å². The average Bonchev–Trinajstić information content (AvgIpc) is 2.56. The molecule has 2 aromatic rings. The Bertz CT molecular complexity index is 574. The number of halogens is 3. The molecule has 0 saturated heterocycles. The molecule has 1 amide bonds. The predicted molar refractivity (Wildman–Crippen MR) is 53.9 cm³/mol. The fraction of sp³-hybridized carbons (Fsp3) is 0.200. The van der Waals surface area contributed by atoms with E-state index in [-0.39, 0.29) is 11.0 Å². The van der Waals surface area contributed by atoms with E-state index in [1.807, 2.05) is 0 Å². The number of aromatic nitrogens is 2. The van der Waals surface area contributed by atoms with Gasteiger partial charge in [0.2, 0.25) is 11.7 Å². The molecule has 90 valence electrons. The van der Waals surface area contributed by atoms with Crippen LogP contribution in [0.4, 0.5) is 13.2 Å². The lowest BCUT2D eigenvalue weighted by molar-refractivity contribution is -0.147. The van der Waals surface area contributed by atoms with Crippen molar-refractivity contribution in [2.24, 2.45) is 5.73 Å². The summed E-state index contributed by atoms with van der Waals surface area (Å²) in [5, 5.41) is 0. The number of benzene rings is 1. The third-order valence-electron chi connectivity index (χ3n) is 2.22. The van der Waals surface area contributed by atoms with Gasteiger partial charge in [-0.25, -0.2) is 4.98 Å². The van der Waals surface area contributed by atoms with E-state index in [0.29, 0.717) is 0 Å². The fourth-order valence-corrected chi connectivity index (χ4v) is 1.61. The van der Waals surface area contributed by atoms with Gasteiger partial charge >= 0.3 is 6.18 Å². The van der Waals surface area contributed by atoms with Crippen molar-refractivity contribution in [3.05, 3.63) is 30.1 Å². The number of imidazole rings is 1. The molecule has 0 spiro atoms. The standard InChI is InChI=1S/C10H8F3N3O/c11-10(12,13)9-15-6-3-1-2-4-7(6)16(9)5-8(14)17/h1-4H,5H2,(H2,14,17). The smallest absolute Gasteiger partial charge is 0.368 e. The fourth-order valence-electron chi connectivity index (χ4n) is 1.61. The summed E-state index contributed by atoms with van der Waals surface area (Å²) in [7, 11) is 0. The molecule has 1 heterocycles. The Balaban J connectivity index is 2.69. The van der Waals surface area contributed by atoms with Crippen LogP contribution in [0.5, 0.6) is 0 Å². The van der Waals surface area contributed by atoms with Crippen molar-refractivity contribution in [2.75, 3.05) is 0 Å². The van der Waals surface area contributed by atoms with E-state index in [4.69, 9.17) is 5.73 Å². The van der Waals surface area contributed by atoms with Crippen LogP contribution in [0.1, 0.15) is 5.82 Å². The first kappa shape index (κ1) is 11.4. The minimum atomic E-state index is -4.62. The lowest BCUT2D eigenvalue weighted by Gasteiger charge is -2.09. The predicted octanol–water partition coefficient (Wildman–Crippen LogP) is 1.54. The molecule has 0 aliphatic carbocycles. The number of carbonyl (C=O) groups excluding carboxylic acids is 1. The first-order valence-electron chi connectivity index (χ1n) is 4.70. The van der Waals surface area contributed by atoms with Gasteiger partial charge in [-0.15, -0.1) is 0 Å². The van der Waals surface area contributed by atoms with E-state index in [2.05, 4.69) is 4.98 Å². The number of fused-ring (bicyclic) bond motifs is 1. The zero-order chi connectivity index (χ0) is 12.6. The third kappa shape index (κ3) is 2.08. The van der Waals surface area contributed by atoms with Crippen molar-refractivity contribution in [3.8, 4) is 0 Å². The van der Waals surface area contributed by atoms with Crippen LogP contribution < -0.4 is 5.73 Å². The van der Waals surface area contributed by atoms with Crippen LogP contribution in [0.3, 0.4) is 0 Å². The Hall–Kier alpha value is -2.05. The molecular formula is C10H8F3N3O. The quantitative estimate of drug-likeness (QED) is 0.869. The van der Waals surface area contributed by atoms with Gasteiger partial charge < -0.3 is 10.3 Å². The van der Waals surface area contributed by atoms with Crippen LogP contribution in [-0.2, 0) is 17.5 Å². The van der Waals surface area contributed by atoms with Crippen molar-refractivity contribution in [1.29, 1.82) is 0 Å². The third-order valence-corrected chi connectivity index (χ3v) is 2.22. The molecule has 0 aliphatic rings. The number of carbonyl (C=O) groups is 1. The molecule has 17 heavy (non-hydrogen) atoms. The monoisotopic (exact) mass is 243 g/mol. The summed E-state index contributed by atoms with van der Waals surface area (Å²) in [6.45, 7) is -0.546. The van der Waals surface area contributed by atoms with Gasteiger partial charge in [-0.1, -0.05) is 12.1 Å². The van der Waals surface area contributed by atoms with E-state index in [9.17, 15) is 18.0 Å². The summed E-state index contributed by atoms with van der Waals surface area (Å²) in [5.41, 5.74) is 5.35. The highest BCUT2D eigenvalue weighted by Crippen LogP contribution is 2.31. The maximum Gasteiger partial charge on any atom is 0.449 e. The van der Waals surface area contributed by atoms with Crippen LogP contribution in [0.25, 0.3) is 11.0 Å². The molecular weight excluding hydrogens is 235 g/mol. The highest BCUT2D eigenvalue weighted by atomic mass is 19.4. The Kier molecular flexibility index (Phi) is 2.53. The van der Waals surface area contributed by atoms with E-state index >= 15 is 0 Å². The van der Waals surface area contributed by atoms with Crippen molar-refractivity contribution >= 4 is 16.9 Å². The number of hydrogen-bond donors (Lipinski definition) is 1. The van der Waals surface area contributed by atoms with Crippen molar-refractivity contribution in [1.82, 2.24) is 9.55 Å². The maximum atomic E-state index is 12.7. The Labute approximate surface area is 93.8 Å². The molecule has 1 aromatic carbocycles. The topological polar surface area (TPSA) is 60.9 Å². The summed E-state index contributed by atoms with van der Waals surface area (Å²) < 4.78 is 38.9. The van der Waals surface area contributed by atoms with Crippen molar-refractivity contribution in [3.63, 3.8) is 0 Å². The molecule has 0 radical (unpaired) electrons. The summed E-state index contributed by atoms with van der Waals surface area (Å²) in [6.07, 6.45) is -4.62. The van der Waals surface area contributed by atoms with Gasteiger partial charge in [0.15, 0.2) is 0 Å². The number of primary amides is 1. The summed E-state index contributed by atoms with van der Waals surface area (Å²) in [5.74, 6) is -1.96. The zero-order valence-corrected chi connectivity index (χ0v) is 8.53. The molecule has 4 nitrogen and oxygen atoms in total. The molecule has 7 heteroatoms. The van der Waals surface area contributed by atoms with Crippen molar-refractivity contribution in [2.45, 2.75) is 12.7 Å². The van der Waals surface area contributed by atoms with Gasteiger partial charge in [0.25, 0.3) is 0 Å². The second-order valence-electron chi connectivity index (χ2n) is 3.47. The first-order chi connectivity index (χ1) is 7.89. The van der Waals surface area contributed by atoms with Gasteiger partial charge in [0, 0.05) is 0 Å². The normalized spacial score (nSPS) is 11.9. The van der Waals surface area contributed by atoms with Gasteiger partial charge in [0.05, 0.1) is 11.0 Å². The zero-order valence-electron chi connectivity index (χ0n) is 8.53. The van der Waals surface area contributed by atoms with Gasteiger partial charge in [0.1, 0.15) is 6.54 Å². The first-order valence-corrected chi connectivity index (χ1v) is 4.70. The van der Waals surface area contributed by atoms with Crippen LogP contribution in [0.2, 0.25) is 0 Å². The second-order valence-corrected chi connectivity index (χ2v) is 3.47. The lowest BCUT2D eigenvalue weighted by Crippen LogP contribution is -2.23. The number of rotatable bonds is 2. The number of nitrogens with zero attached hydrogens (tertiary/aromatic N) is 2. The van der Waals surface area contributed by atoms with Gasteiger partial charge in [-0.05, 0) is 12.1 Å². The molecule has 2 rings (SSSR count). The SMILES string of the molecule is NC(=O)Cn1c(C(F)(F)F)nc2ccccc21. The largest absolute Gasteiger partial charge is 0.449 e. The summed E-state index contributed by atoms with van der Waals surface area (Å²) >= 11 is 0. The highest BCUT2D eigenvalue weighted by Gasteiger charge is 2.37. The molecule has 2 N–H and O–H groups in total. The minimum absolute atomic E-state index is 0.182. The van der Waals surface area contributed by atoms with E-state index in [1.165, 1.54) is 12.1 Å². The van der Waals surface area contributed by atoms with E-state index in [0.717, 1.165) is 4.57 Å². The van der Waals surface area contributed by atoms with E-state index in [1.54, 1.807) is 12.1 Å². The number of alkyl halides is 3. The highest BCUT2D eigenvalue weighted by molar-refractivity contribution is 5.80. The number of para-hydroxylation sites is 2. The Morgan fingerprint density at radius 1 is 1.35 bits per heavy atom. The summed E-state index contributed by atoms with van der Waals surface area (Å²) in [4.78, 5) is 14.3. The minimum Gasteiger partial charge on any atom is -0.368 e. The lowest BCUT2D eigenvalue weighted by atomic mass is 10.3. The molecule has 0 fully saturated rings. The van der Waals surface area contributed by atoms with Crippen molar-refractivity contribution < 1.29 is 18.0 Å². The second kappa shape index (κ2) is 3.76. The molecule has 0 atom stereocenters. The number of hydrogen-bond acceptors (Lipinski definition) is 2. The Morgan fingerprint density at radius 3 is 2.59 bits per heavy atom. The molecule has 1 aromatic heterocycles. The average molecular weight is 243 g/mol. The van der Waals surface area contributed by atoms with Crippen LogP contribution in [-0.4, -0.2) is 15.5 Å². The Morgan fingerprint density at radius 2 is 2.00 bits per heavy atom. The van der Waals surface area contributed by atoms with Crippen LogP contribution >= 0.6 is 0 Å². The maximum absolute atomic E-state index is 12.7. The van der Waals surface area contributed by atoms with Gasteiger partial charge in [-0.3, -0.25) is 4.79 Å². The summed E-state index contributed by atoms with van der Waals surface area (Å²) in [6, 6.07) is 6.05. The molecule has 0 saturated carbocycles. The van der Waals surface area contributed by atoms with E-state index < -0.39 is 24.5 Å². The van der Waals surface area contributed by atoms with Crippen LogP contribution in [0, 0.1) is 0 Å². The molecule has 0 unspecified atom stereocenters. The molecule has 0 bridgehead atoms. The number of nitrogens with two attached hydrogens (primary N) is 1.